The Bertz CT molecular complexity index is 189. The van der Waals surface area contributed by atoms with Crippen LogP contribution in [0.2, 0.25) is 24.7 Å². The average Bonchev–Trinajstić information content (AvgIpc) is 2.82. The molecule has 1 nitrogen and oxygen atoms in total. The Morgan fingerprint density at radius 3 is 2.42 bits per heavy atom. The van der Waals surface area contributed by atoms with Crippen LogP contribution in [0.3, 0.4) is 0 Å². The first kappa shape index (κ1) is 9.79. The smallest absolute Gasteiger partial charge is 0.0652 e. The van der Waals surface area contributed by atoms with Gasteiger partial charge in [-0.25, -0.2) is 0 Å². The molecule has 68 valence electrons. The van der Waals surface area contributed by atoms with E-state index in [0.29, 0.717) is 5.92 Å². The molecule has 0 aromatic rings. The van der Waals surface area contributed by atoms with Gasteiger partial charge in [-0.3, -0.25) is 0 Å². The van der Waals surface area contributed by atoms with Crippen LogP contribution in [0.5, 0.6) is 0 Å². The summed E-state index contributed by atoms with van der Waals surface area (Å²) in [5.41, 5.74) is 1.04. The van der Waals surface area contributed by atoms with Crippen molar-refractivity contribution in [2.45, 2.75) is 50.9 Å². The van der Waals surface area contributed by atoms with Crippen LogP contribution in [0, 0.1) is 17.2 Å². The zero-order chi connectivity index (χ0) is 9.19. The van der Waals surface area contributed by atoms with E-state index >= 15 is 0 Å². The first-order valence-corrected chi connectivity index (χ1v) is 8.28. The Morgan fingerprint density at radius 1 is 1.50 bits per heavy atom. The maximum atomic E-state index is 8.86. The van der Waals surface area contributed by atoms with E-state index in [1.54, 1.807) is 0 Å². The normalized spacial score (nSPS) is 20.2. The van der Waals surface area contributed by atoms with E-state index in [2.05, 4.69) is 26.1 Å². The molecule has 1 aliphatic rings. The number of nitriles is 1. The van der Waals surface area contributed by atoms with Gasteiger partial charge in [0.05, 0.1) is 14.1 Å². The summed E-state index contributed by atoms with van der Waals surface area (Å²) in [6.07, 6.45) is 3.93. The molecule has 0 amide bonds. The lowest BCUT2D eigenvalue weighted by atomic mass is 10.1. The van der Waals surface area contributed by atoms with Crippen LogP contribution in [0.4, 0.5) is 0 Å². The first-order valence-electron chi connectivity index (χ1n) is 4.99. The maximum Gasteiger partial charge on any atom is 0.0652 e. The highest BCUT2D eigenvalue weighted by Crippen LogP contribution is 2.47. The molecule has 0 aliphatic heterocycles. The Hall–Kier alpha value is -0.293. The molecule has 0 N–H and O–H groups in total. The molecule has 1 atom stereocenters. The minimum Gasteiger partial charge on any atom is -0.198 e. The van der Waals surface area contributed by atoms with E-state index in [1.165, 1.54) is 18.9 Å². The molecule has 0 aromatic carbocycles. The largest absolute Gasteiger partial charge is 0.198 e. The fourth-order valence-electron chi connectivity index (χ4n) is 1.95. The van der Waals surface area contributed by atoms with Gasteiger partial charge in [-0.1, -0.05) is 32.9 Å². The molecule has 1 rings (SSSR count). The lowest BCUT2D eigenvalue weighted by molar-refractivity contribution is 0.697. The average molecular weight is 181 g/mol. The number of nitrogens with zero attached hydrogens (tertiary/aromatic N) is 1. The van der Waals surface area contributed by atoms with Gasteiger partial charge in [-0.05, 0) is 18.0 Å². The monoisotopic (exact) mass is 181 g/mol. The lowest BCUT2D eigenvalue weighted by Gasteiger charge is -2.23. The van der Waals surface area contributed by atoms with E-state index in [-0.39, 0.29) is 0 Å². The molecule has 1 unspecified atom stereocenters. The van der Waals surface area contributed by atoms with Crippen molar-refractivity contribution in [3.8, 4) is 6.07 Å². The van der Waals surface area contributed by atoms with Crippen molar-refractivity contribution < 1.29 is 0 Å². The number of hydrogen-bond donors (Lipinski definition) is 0. The Morgan fingerprint density at radius 2 is 2.08 bits per heavy atom. The van der Waals surface area contributed by atoms with Gasteiger partial charge in [0.25, 0.3) is 0 Å². The van der Waals surface area contributed by atoms with Gasteiger partial charge in [0.15, 0.2) is 0 Å². The molecule has 0 spiro atoms. The van der Waals surface area contributed by atoms with Gasteiger partial charge in [-0.2, -0.15) is 5.26 Å². The van der Waals surface area contributed by atoms with Crippen LogP contribution in [-0.4, -0.2) is 8.07 Å². The van der Waals surface area contributed by atoms with Crippen LogP contribution in [0.25, 0.3) is 0 Å². The first-order chi connectivity index (χ1) is 5.60. The minimum atomic E-state index is -0.997. The molecule has 0 saturated heterocycles. The van der Waals surface area contributed by atoms with E-state index in [0.717, 1.165) is 12.0 Å². The van der Waals surface area contributed by atoms with Crippen molar-refractivity contribution in [2.24, 2.45) is 5.92 Å². The Labute approximate surface area is 76.8 Å². The molecule has 12 heavy (non-hydrogen) atoms. The number of hydrogen-bond acceptors (Lipinski definition) is 1. The van der Waals surface area contributed by atoms with Crippen molar-refractivity contribution >= 4 is 8.07 Å². The summed E-state index contributed by atoms with van der Waals surface area (Å²) in [7, 11) is -0.997. The summed E-state index contributed by atoms with van der Waals surface area (Å²) in [5, 5.41) is 8.86. The lowest BCUT2D eigenvalue weighted by Crippen LogP contribution is -2.28. The highest BCUT2D eigenvalue weighted by atomic mass is 28.3. The highest BCUT2D eigenvalue weighted by Gasteiger charge is 2.40. The van der Waals surface area contributed by atoms with E-state index < -0.39 is 8.07 Å². The van der Waals surface area contributed by atoms with Gasteiger partial charge >= 0.3 is 0 Å². The molecule has 0 radical (unpaired) electrons. The molecule has 1 aliphatic carbocycles. The van der Waals surface area contributed by atoms with E-state index in [4.69, 9.17) is 5.26 Å². The third-order valence-corrected chi connectivity index (χ3v) is 7.46. The molecular weight excluding hydrogens is 162 g/mol. The second-order valence-electron chi connectivity index (χ2n) is 4.70. The Kier molecular flexibility index (Phi) is 2.95. The van der Waals surface area contributed by atoms with Crippen molar-refractivity contribution in [2.75, 3.05) is 0 Å². The molecule has 2 heteroatoms. The molecule has 1 saturated carbocycles. The Balaban J connectivity index is 2.42. The topological polar surface area (TPSA) is 23.8 Å². The van der Waals surface area contributed by atoms with Crippen molar-refractivity contribution in [3.63, 3.8) is 0 Å². The minimum absolute atomic E-state index is 0.340. The summed E-state index contributed by atoms with van der Waals surface area (Å²) in [5.74, 6) is 0.340. The van der Waals surface area contributed by atoms with Crippen LogP contribution in [0.1, 0.15) is 26.2 Å². The predicted octanol–water partition coefficient (Wildman–Crippen LogP) is 3.41. The van der Waals surface area contributed by atoms with Crippen LogP contribution in [-0.2, 0) is 0 Å². The molecule has 0 heterocycles. The summed E-state index contributed by atoms with van der Waals surface area (Å²) in [6, 6.07) is 3.65. The van der Waals surface area contributed by atoms with Crippen LogP contribution in [0.15, 0.2) is 0 Å². The molecular formula is C10H19NSi. The fourth-order valence-corrected chi connectivity index (χ4v) is 5.66. The third kappa shape index (κ3) is 2.35. The van der Waals surface area contributed by atoms with Crippen LogP contribution < -0.4 is 0 Å². The summed E-state index contributed by atoms with van der Waals surface area (Å²) < 4.78 is 0. The highest BCUT2D eigenvalue weighted by molar-refractivity contribution is 6.79. The summed E-state index contributed by atoms with van der Waals surface area (Å²) >= 11 is 0. The van der Waals surface area contributed by atoms with Crippen molar-refractivity contribution in [1.82, 2.24) is 0 Å². The fraction of sp³-hybridized carbons (Fsp3) is 0.900. The quantitative estimate of drug-likeness (QED) is 0.610. The van der Waals surface area contributed by atoms with Gasteiger partial charge in [0, 0.05) is 5.92 Å². The SMILES string of the molecule is CCC(C#N)C[Si](C)(C)C1CC1. The van der Waals surface area contributed by atoms with Crippen LogP contribution >= 0.6 is 0 Å². The standard InChI is InChI=1S/C10H19NSi/c1-4-9(7-11)8-12(2,3)10-5-6-10/h9-10H,4-6,8H2,1-3H3. The van der Waals surface area contributed by atoms with Crippen molar-refractivity contribution in [1.29, 1.82) is 5.26 Å². The van der Waals surface area contributed by atoms with E-state index in [1.807, 2.05) is 0 Å². The summed E-state index contributed by atoms with van der Waals surface area (Å²) in [6.45, 7) is 7.03. The maximum absolute atomic E-state index is 8.86. The third-order valence-electron chi connectivity index (χ3n) is 3.13. The predicted molar refractivity (Wildman–Crippen MR) is 54.7 cm³/mol. The molecule has 0 bridgehead atoms. The van der Waals surface area contributed by atoms with Gasteiger partial charge in [0.2, 0.25) is 0 Å². The number of rotatable bonds is 4. The zero-order valence-corrected chi connectivity index (χ0v) is 9.43. The summed E-state index contributed by atoms with van der Waals surface area (Å²) in [4.78, 5) is 0. The second kappa shape index (κ2) is 3.61. The second-order valence-corrected chi connectivity index (χ2v) is 9.90. The van der Waals surface area contributed by atoms with E-state index in [9.17, 15) is 0 Å². The van der Waals surface area contributed by atoms with Gasteiger partial charge in [0.1, 0.15) is 0 Å². The zero-order valence-electron chi connectivity index (χ0n) is 8.43. The van der Waals surface area contributed by atoms with Crippen molar-refractivity contribution in [3.05, 3.63) is 0 Å². The molecule has 0 aromatic heterocycles. The van der Waals surface area contributed by atoms with Gasteiger partial charge in [-0.15, -0.1) is 0 Å². The molecule has 1 fully saturated rings. The van der Waals surface area contributed by atoms with Gasteiger partial charge < -0.3 is 0 Å².